The van der Waals surface area contributed by atoms with Crippen LogP contribution in [0.1, 0.15) is 39.0 Å². The second-order valence-electron chi connectivity index (χ2n) is 5.05. The monoisotopic (exact) mass is 241 g/mol. The number of rotatable bonds is 9. The van der Waals surface area contributed by atoms with Crippen molar-refractivity contribution in [3.8, 4) is 0 Å². The van der Waals surface area contributed by atoms with E-state index >= 15 is 0 Å². The molecule has 0 aromatic rings. The minimum atomic E-state index is -0.276. The zero-order chi connectivity index (χ0) is 12.1. The first-order chi connectivity index (χ1) is 8.29. The van der Waals surface area contributed by atoms with Gasteiger partial charge in [-0.05, 0) is 32.1 Å². The van der Waals surface area contributed by atoms with Gasteiger partial charge in [-0.3, -0.25) is 10.1 Å². The van der Waals surface area contributed by atoms with E-state index in [1.807, 2.05) is 6.92 Å². The maximum absolute atomic E-state index is 11.7. The van der Waals surface area contributed by atoms with E-state index in [1.165, 1.54) is 12.8 Å². The third-order valence-corrected chi connectivity index (χ3v) is 3.24. The minimum Gasteiger partial charge on any atom is -0.465 e. The molecule has 0 aliphatic heterocycles. The molecule has 2 aliphatic carbocycles. The minimum absolute atomic E-state index is 0.175. The molecule has 2 aliphatic rings. The van der Waals surface area contributed by atoms with Crippen molar-refractivity contribution in [1.82, 2.24) is 5.32 Å². The van der Waals surface area contributed by atoms with E-state index in [9.17, 15) is 4.79 Å². The number of nitrogens with one attached hydrogen (secondary N) is 1. The van der Waals surface area contributed by atoms with Gasteiger partial charge in [-0.2, -0.15) is 0 Å². The molecule has 0 bridgehead atoms. The van der Waals surface area contributed by atoms with Gasteiger partial charge in [0.15, 0.2) is 0 Å². The molecule has 2 rings (SSSR count). The lowest BCUT2D eigenvalue weighted by Gasteiger charge is -2.17. The van der Waals surface area contributed by atoms with Crippen LogP contribution in [0.5, 0.6) is 0 Å². The van der Waals surface area contributed by atoms with Crippen LogP contribution in [0.2, 0.25) is 0 Å². The van der Waals surface area contributed by atoms with Crippen molar-refractivity contribution in [2.75, 3.05) is 19.8 Å². The van der Waals surface area contributed by atoms with E-state index in [4.69, 9.17) is 9.47 Å². The zero-order valence-corrected chi connectivity index (χ0v) is 10.6. The molecule has 98 valence electrons. The Morgan fingerprint density at radius 1 is 1.35 bits per heavy atom. The molecule has 0 radical (unpaired) electrons. The van der Waals surface area contributed by atoms with Gasteiger partial charge in [0.05, 0.1) is 13.2 Å². The van der Waals surface area contributed by atoms with Gasteiger partial charge in [-0.25, -0.2) is 0 Å². The van der Waals surface area contributed by atoms with Crippen LogP contribution >= 0.6 is 0 Å². The van der Waals surface area contributed by atoms with Crippen LogP contribution in [0.3, 0.4) is 0 Å². The summed E-state index contributed by atoms with van der Waals surface area (Å²) < 4.78 is 10.6. The highest BCUT2D eigenvalue weighted by molar-refractivity contribution is 5.76. The fraction of sp³-hybridized carbons (Fsp3) is 0.923. The van der Waals surface area contributed by atoms with E-state index in [-0.39, 0.29) is 12.0 Å². The first kappa shape index (κ1) is 12.8. The van der Waals surface area contributed by atoms with Gasteiger partial charge in [-0.15, -0.1) is 0 Å². The van der Waals surface area contributed by atoms with Crippen LogP contribution in [-0.4, -0.2) is 37.9 Å². The molecular weight excluding hydrogens is 218 g/mol. The predicted octanol–water partition coefficient (Wildman–Crippen LogP) is 1.49. The summed E-state index contributed by atoms with van der Waals surface area (Å²) in [5.41, 5.74) is 0. The topological polar surface area (TPSA) is 47.6 Å². The average molecular weight is 241 g/mol. The second-order valence-corrected chi connectivity index (χ2v) is 5.05. The van der Waals surface area contributed by atoms with Crippen LogP contribution in [0, 0.1) is 5.92 Å². The van der Waals surface area contributed by atoms with Crippen molar-refractivity contribution >= 4 is 5.97 Å². The van der Waals surface area contributed by atoms with Gasteiger partial charge >= 0.3 is 5.97 Å². The van der Waals surface area contributed by atoms with Crippen LogP contribution in [0.15, 0.2) is 0 Å². The Kier molecular flexibility index (Phi) is 4.80. The van der Waals surface area contributed by atoms with Crippen molar-refractivity contribution in [3.05, 3.63) is 0 Å². The summed E-state index contributed by atoms with van der Waals surface area (Å²) in [6.45, 7) is 3.48. The van der Waals surface area contributed by atoms with E-state index in [0.717, 1.165) is 31.8 Å². The molecule has 2 saturated carbocycles. The van der Waals surface area contributed by atoms with Crippen LogP contribution < -0.4 is 5.32 Å². The summed E-state index contributed by atoms with van der Waals surface area (Å²) in [4.78, 5) is 11.7. The highest BCUT2D eigenvalue weighted by atomic mass is 16.5. The molecule has 1 atom stereocenters. The summed E-state index contributed by atoms with van der Waals surface area (Å²) in [6, 6.07) is 0.220. The molecule has 4 nitrogen and oxygen atoms in total. The highest BCUT2D eigenvalue weighted by Gasteiger charge is 2.29. The van der Waals surface area contributed by atoms with Gasteiger partial charge in [0.2, 0.25) is 0 Å². The van der Waals surface area contributed by atoms with Gasteiger partial charge in [0.25, 0.3) is 0 Å². The molecule has 0 spiro atoms. The van der Waals surface area contributed by atoms with E-state index < -0.39 is 0 Å². The molecule has 0 aromatic carbocycles. The fourth-order valence-corrected chi connectivity index (χ4v) is 1.82. The number of hydrogen-bond donors (Lipinski definition) is 1. The number of ether oxygens (including phenoxy) is 2. The zero-order valence-electron chi connectivity index (χ0n) is 10.6. The Labute approximate surface area is 103 Å². The average Bonchev–Trinajstić information content (AvgIpc) is 3.16. The molecule has 0 heterocycles. The molecule has 17 heavy (non-hydrogen) atoms. The number of carbonyl (C=O) groups is 1. The summed E-state index contributed by atoms with van der Waals surface area (Å²) in [6.07, 6.45) is 6.17. The summed E-state index contributed by atoms with van der Waals surface area (Å²) in [5.74, 6) is 0.707. The predicted molar refractivity (Wildman–Crippen MR) is 64.7 cm³/mol. The van der Waals surface area contributed by atoms with Crippen LogP contribution in [0.4, 0.5) is 0 Å². The van der Waals surface area contributed by atoms with Crippen molar-refractivity contribution in [2.24, 2.45) is 5.92 Å². The number of esters is 1. The summed E-state index contributed by atoms with van der Waals surface area (Å²) in [7, 11) is 0. The Bertz CT molecular complexity index is 249. The molecule has 4 heteroatoms. The van der Waals surface area contributed by atoms with Gasteiger partial charge in [-0.1, -0.05) is 12.8 Å². The molecule has 2 fully saturated rings. The lowest BCUT2D eigenvalue weighted by molar-refractivity contribution is -0.147. The second kappa shape index (κ2) is 6.36. The Morgan fingerprint density at radius 2 is 2.12 bits per heavy atom. The van der Waals surface area contributed by atoms with Crippen molar-refractivity contribution in [3.63, 3.8) is 0 Å². The fourth-order valence-electron chi connectivity index (χ4n) is 1.82. The number of hydrogen-bond acceptors (Lipinski definition) is 4. The first-order valence-electron chi connectivity index (χ1n) is 6.80. The summed E-state index contributed by atoms with van der Waals surface area (Å²) >= 11 is 0. The first-order valence-corrected chi connectivity index (χ1v) is 6.80. The lowest BCUT2D eigenvalue weighted by Crippen LogP contribution is -2.43. The Hall–Kier alpha value is -0.610. The number of carbonyl (C=O) groups excluding carboxylic acids is 1. The molecule has 0 aromatic heterocycles. The highest BCUT2D eigenvalue weighted by Crippen LogP contribution is 2.32. The summed E-state index contributed by atoms with van der Waals surface area (Å²) in [5, 5.41) is 3.28. The molecular formula is C13H23NO3. The third-order valence-electron chi connectivity index (χ3n) is 3.24. The normalized spacial score (nSPS) is 21.2. The SMILES string of the molecule is CCOC(=O)C(COCCC1CC1)NC1CC1. The van der Waals surface area contributed by atoms with Crippen LogP contribution in [-0.2, 0) is 14.3 Å². The van der Waals surface area contributed by atoms with E-state index in [2.05, 4.69) is 5.32 Å². The lowest BCUT2D eigenvalue weighted by atomic mass is 10.3. The smallest absolute Gasteiger partial charge is 0.325 e. The van der Waals surface area contributed by atoms with E-state index in [1.54, 1.807) is 0 Å². The Balaban J connectivity index is 1.63. The standard InChI is InChI=1S/C13H23NO3/c1-2-17-13(15)12(14-11-5-6-11)9-16-8-7-10-3-4-10/h10-12,14H,2-9H2,1H3. The van der Waals surface area contributed by atoms with Gasteiger partial charge < -0.3 is 9.47 Å². The van der Waals surface area contributed by atoms with Gasteiger partial charge in [0.1, 0.15) is 6.04 Å². The molecule has 1 unspecified atom stereocenters. The van der Waals surface area contributed by atoms with E-state index in [0.29, 0.717) is 19.3 Å². The maximum atomic E-state index is 11.7. The van der Waals surface area contributed by atoms with Crippen molar-refractivity contribution < 1.29 is 14.3 Å². The molecule has 1 N–H and O–H groups in total. The maximum Gasteiger partial charge on any atom is 0.325 e. The van der Waals surface area contributed by atoms with Crippen LogP contribution in [0.25, 0.3) is 0 Å². The molecule has 0 amide bonds. The largest absolute Gasteiger partial charge is 0.465 e. The quantitative estimate of drug-likeness (QED) is 0.491. The Morgan fingerprint density at radius 3 is 2.71 bits per heavy atom. The van der Waals surface area contributed by atoms with Gasteiger partial charge in [0, 0.05) is 12.6 Å². The van der Waals surface area contributed by atoms with Crippen molar-refractivity contribution in [2.45, 2.75) is 51.1 Å². The van der Waals surface area contributed by atoms with Crippen molar-refractivity contribution in [1.29, 1.82) is 0 Å². The molecule has 0 saturated heterocycles. The third kappa shape index (κ3) is 5.04.